The van der Waals surface area contributed by atoms with E-state index in [-0.39, 0.29) is 5.69 Å². The molecule has 0 bridgehead atoms. The van der Waals surface area contributed by atoms with Crippen molar-refractivity contribution < 1.29 is 23.7 Å². The smallest absolute Gasteiger partial charge is 0.281 e. The summed E-state index contributed by atoms with van der Waals surface area (Å²) in [5.41, 5.74) is 2.90. The third-order valence-corrected chi connectivity index (χ3v) is 6.43. The lowest BCUT2D eigenvalue weighted by Crippen LogP contribution is -2.15. The van der Waals surface area contributed by atoms with E-state index in [2.05, 4.69) is 46.4 Å². The number of carbonyl (C=O) groups is 1. The molecule has 1 amide bonds. The van der Waals surface area contributed by atoms with Gasteiger partial charge in [-0.25, -0.2) is 9.67 Å². The summed E-state index contributed by atoms with van der Waals surface area (Å²) in [6.45, 7) is 6.53. The summed E-state index contributed by atoms with van der Waals surface area (Å²) in [7, 11) is 3.15. The molecular weight excluding hydrogens is 522 g/mol. The van der Waals surface area contributed by atoms with E-state index in [0.29, 0.717) is 52.6 Å². The highest BCUT2D eigenvalue weighted by Gasteiger charge is 2.20. The molecule has 41 heavy (non-hydrogen) atoms. The summed E-state index contributed by atoms with van der Waals surface area (Å²) in [6.07, 6.45) is 4.89. The molecule has 10 heteroatoms. The first-order valence-corrected chi connectivity index (χ1v) is 13.2. The Balaban J connectivity index is 1.33. The minimum atomic E-state index is -0.437. The highest BCUT2D eigenvalue weighted by atomic mass is 16.5. The van der Waals surface area contributed by atoms with Gasteiger partial charge in [0.05, 0.1) is 44.4 Å². The fourth-order valence-electron chi connectivity index (χ4n) is 4.27. The fraction of sp³-hybridized carbons (Fsp3) is 0.226. The van der Waals surface area contributed by atoms with Crippen molar-refractivity contribution in [1.29, 1.82) is 0 Å². The van der Waals surface area contributed by atoms with Gasteiger partial charge in [-0.15, -0.1) is 0 Å². The van der Waals surface area contributed by atoms with Crippen molar-refractivity contribution >= 4 is 22.6 Å². The molecule has 0 radical (unpaired) electrons. The lowest BCUT2D eigenvalue weighted by Gasteiger charge is -2.12. The molecule has 0 spiro atoms. The molecule has 0 unspecified atom stereocenters. The maximum Gasteiger partial charge on any atom is 0.281 e. The SMILES string of the molecule is CCOc1cn(-c2ccc(C(C)C)cc2)nc1C(=O)Nc1ccc(Oc2ccnc3cc(OC)c(OC)cc23)cn1. The van der Waals surface area contributed by atoms with Crippen molar-refractivity contribution in [2.45, 2.75) is 26.7 Å². The van der Waals surface area contributed by atoms with Crippen LogP contribution in [0, 0.1) is 0 Å². The van der Waals surface area contributed by atoms with Crippen molar-refractivity contribution in [3.8, 4) is 34.4 Å². The maximum atomic E-state index is 13.2. The van der Waals surface area contributed by atoms with Crippen LogP contribution < -0.4 is 24.3 Å². The second-order valence-corrected chi connectivity index (χ2v) is 9.43. The minimum absolute atomic E-state index is 0.162. The van der Waals surface area contributed by atoms with Gasteiger partial charge in [0.25, 0.3) is 5.91 Å². The molecule has 0 saturated carbocycles. The van der Waals surface area contributed by atoms with Crippen LogP contribution in [0.2, 0.25) is 0 Å². The first-order chi connectivity index (χ1) is 19.9. The zero-order valence-electron chi connectivity index (χ0n) is 23.5. The minimum Gasteiger partial charge on any atom is -0.493 e. The summed E-state index contributed by atoms with van der Waals surface area (Å²) in [6, 6.07) is 16.8. The van der Waals surface area contributed by atoms with E-state index in [4.69, 9.17) is 18.9 Å². The molecule has 10 nitrogen and oxygen atoms in total. The molecular formula is C31H31N5O5. The number of methoxy groups -OCH3 is 2. The van der Waals surface area contributed by atoms with Gasteiger partial charge in [0, 0.05) is 17.6 Å². The van der Waals surface area contributed by atoms with E-state index in [0.717, 1.165) is 11.1 Å². The zero-order chi connectivity index (χ0) is 28.9. The van der Waals surface area contributed by atoms with Gasteiger partial charge in [-0.1, -0.05) is 26.0 Å². The van der Waals surface area contributed by atoms with E-state index >= 15 is 0 Å². The summed E-state index contributed by atoms with van der Waals surface area (Å²) >= 11 is 0. The number of hydrogen-bond acceptors (Lipinski definition) is 8. The molecule has 0 saturated heterocycles. The number of carbonyl (C=O) groups excluding carboxylic acids is 1. The van der Waals surface area contributed by atoms with Crippen LogP contribution in [0.25, 0.3) is 16.6 Å². The highest BCUT2D eigenvalue weighted by Crippen LogP contribution is 2.37. The van der Waals surface area contributed by atoms with Crippen molar-refractivity contribution in [1.82, 2.24) is 19.7 Å². The van der Waals surface area contributed by atoms with E-state index in [1.807, 2.05) is 25.1 Å². The summed E-state index contributed by atoms with van der Waals surface area (Å²) in [5, 5.41) is 8.04. The van der Waals surface area contributed by atoms with Crippen molar-refractivity contribution in [2.24, 2.45) is 0 Å². The van der Waals surface area contributed by atoms with Gasteiger partial charge in [-0.3, -0.25) is 9.78 Å². The lowest BCUT2D eigenvalue weighted by molar-refractivity contribution is 0.101. The monoisotopic (exact) mass is 553 g/mol. The summed E-state index contributed by atoms with van der Waals surface area (Å²) < 4.78 is 24.2. The number of aromatic nitrogens is 4. The van der Waals surface area contributed by atoms with Gasteiger partial charge in [0.15, 0.2) is 22.9 Å². The first kappa shape index (κ1) is 27.4. The van der Waals surface area contributed by atoms with Crippen LogP contribution in [0.3, 0.4) is 0 Å². The highest BCUT2D eigenvalue weighted by molar-refractivity contribution is 6.04. The predicted molar refractivity (Wildman–Crippen MR) is 156 cm³/mol. The quantitative estimate of drug-likeness (QED) is 0.212. The predicted octanol–water partition coefficient (Wildman–Crippen LogP) is 6.40. The van der Waals surface area contributed by atoms with Crippen LogP contribution in [0.15, 0.2) is 73.2 Å². The van der Waals surface area contributed by atoms with Gasteiger partial charge in [-0.05, 0) is 54.8 Å². The zero-order valence-corrected chi connectivity index (χ0v) is 23.5. The number of fused-ring (bicyclic) bond motifs is 1. The number of hydrogen-bond donors (Lipinski definition) is 1. The van der Waals surface area contributed by atoms with Crippen molar-refractivity contribution in [3.05, 3.63) is 84.4 Å². The third kappa shape index (κ3) is 5.91. The Morgan fingerprint density at radius 2 is 1.68 bits per heavy atom. The van der Waals surface area contributed by atoms with Crippen LogP contribution >= 0.6 is 0 Å². The standard InChI is InChI=1S/C31H31N5O5/c1-6-40-28-18-36(21-9-7-20(8-10-21)19(2)3)35-30(28)31(37)34-29-12-11-22(17-33-29)41-25-13-14-32-24-16-27(39-5)26(38-4)15-23(24)25/h7-19H,6H2,1-5H3,(H,33,34,37). The van der Waals surface area contributed by atoms with E-state index < -0.39 is 5.91 Å². The Kier molecular flexibility index (Phi) is 8.00. The Hall–Kier alpha value is -5.12. The van der Waals surface area contributed by atoms with E-state index in [1.54, 1.807) is 55.6 Å². The molecule has 0 aliphatic carbocycles. The van der Waals surface area contributed by atoms with E-state index in [9.17, 15) is 4.79 Å². The van der Waals surface area contributed by atoms with Crippen LogP contribution in [0.1, 0.15) is 42.7 Å². The number of benzene rings is 2. The largest absolute Gasteiger partial charge is 0.493 e. The topological polar surface area (TPSA) is 110 Å². The van der Waals surface area contributed by atoms with Crippen LogP contribution in [-0.4, -0.2) is 46.5 Å². The number of anilines is 1. The van der Waals surface area contributed by atoms with Crippen molar-refractivity contribution in [2.75, 3.05) is 26.1 Å². The molecule has 0 aliphatic heterocycles. The van der Waals surface area contributed by atoms with Crippen molar-refractivity contribution in [3.63, 3.8) is 0 Å². The second-order valence-electron chi connectivity index (χ2n) is 9.43. The molecule has 2 aromatic carbocycles. The number of nitrogens with one attached hydrogen (secondary N) is 1. The Morgan fingerprint density at radius 3 is 2.34 bits per heavy atom. The molecule has 210 valence electrons. The second kappa shape index (κ2) is 12.0. The molecule has 0 atom stereocenters. The average molecular weight is 554 g/mol. The Labute approximate surface area is 237 Å². The van der Waals surface area contributed by atoms with Gasteiger partial charge in [0.2, 0.25) is 0 Å². The van der Waals surface area contributed by atoms with Gasteiger partial charge < -0.3 is 24.3 Å². The third-order valence-electron chi connectivity index (χ3n) is 6.43. The number of ether oxygens (including phenoxy) is 4. The number of rotatable bonds is 10. The van der Waals surface area contributed by atoms with Gasteiger partial charge >= 0.3 is 0 Å². The first-order valence-electron chi connectivity index (χ1n) is 13.2. The molecule has 3 heterocycles. The molecule has 3 aromatic heterocycles. The molecule has 5 aromatic rings. The number of amides is 1. The molecule has 0 aliphatic rings. The molecule has 5 rings (SSSR count). The van der Waals surface area contributed by atoms with Crippen LogP contribution in [0.4, 0.5) is 5.82 Å². The van der Waals surface area contributed by atoms with Crippen LogP contribution in [-0.2, 0) is 0 Å². The molecule has 0 fully saturated rings. The number of nitrogens with zero attached hydrogens (tertiary/aromatic N) is 4. The van der Waals surface area contributed by atoms with Gasteiger partial charge in [-0.2, -0.15) is 5.10 Å². The summed E-state index contributed by atoms with van der Waals surface area (Å²) in [5.74, 6) is 2.90. The lowest BCUT2D eigenvalue weighted by atomic mass is 10.0. The fourth-order valence-corrected chi connectivity index (χ4v) is 4.27. The summed E-state index contributed by atoms with van der Waals surface area (Å²) in [4.78, 5) is 21.9. The van der Waals surface area contributed by atoms with E-state index in [1.165, 1.54) is 11.8 Å². The normalized spacial score (nSPS) is 11.0. The van der Waals surface area contributed by atoms with Crippen LogP contribution in [0.5, 0.6) is 28.7 Å². The maximum absolute atomic E-state index is 13.2. The average Bonchev–Trinajstić information content (AvgIpc) is 3.42. The Bertz CT molecular complexity index is 1660. The number of pyridine rings is 2. The Morgan fingerprint density at radius 1 is 0.927 bits per heavy atom. The molecule has 1 N–H and O–H groups in total. The van der Waals surface area contributed by atoms with Gasteiger partial charge in [0.1, 0.15) is 17.3 Å².